The van der Waals surface area contributed by atoms with Gasteiger partial charge in [0.15, 0.2) is 0 Å². The van der Waals surface area contributed by atoms with E-state index in [4.69, 9.17) is 5.73 Å². The maximum absolute atomic E-state index is 13.2. The van der Waals surface area contributed by atoms with Gasteiger partial charge in [-0.3, -0.25) is 14.4 Å². The number of rotatable bonds is 3. The van der Waals surface area contributed by atoms with Crippen molar-refractivity contribution in [3.05, 3.63) is 29.6 Å². The first-order valence-corrected chi connectivity index (χ1v) is 3.99. The number of hydrogen-bond acceptors (Lipinski definition) is 4. The van der Waals surface area contributed by atoms with Crippen molar-refractivity contribution in [1.82, 2.24) is 5.48 Å². The normalized spacial score (nSPS) is 9.73. The van der Waals surface area contributed by atoms with Gasteiger partial charge in [-0.25, -0.2) is 9.87 Å². The predicted octanol–water partition coefficient (Wildman–Crippen LogP) is 0.268. The zero-order chi connectivity index (χ0) is 11.4. The van der Waals surface area contributed by atoms with Gasteiger partial charge in [-0.1, -0.05) is 6.07 Å². The average molecular weight is 212 g/mol. The van der Waals surface area contributed by atoms with E-state index in [9.17, 15) is 14.0 Å². The Bertz CT molecular complexity index is 386. The lowest BCUT2D eigenvalue weighted by Crippen LogP contribution is -2.31. The number of hydrogen-bond donors (Lipinski definition) is 2. The van der Waals surface area contributed by atoms with Crippen LogP contribution in [0.3, 0.4) is 0 Å². The Morgan fingerprint density at radius 3 is 2.67 bits per heavy atom. The number of carbonyl (C=O) groups excluding carboxylic acids is 2. The quantitative estimate of drug-likeness (QED) is 0.326. The van der Waals surface area contributed by atoms with Crippen molar-refractivity contribution in [2.45, 2.75) is 0 Å². The zero-order valence-electron chi connectivity index (χ0n) is 7.91. The van der Waals surface area contributed by atoms with E-state index < -0.39 is 23.1 Å². The number of Topliss-reactive ketones (excluding diaryl/α,β-unsaturated/α-hetero) is 1. The van der Waals surface area contributed by atoms with Crippen LogP contribution in [-0.2, 0) is 9.63 Å². The topological polar surface area (TPSA) is 81.4 Å². The van der Waals surface area contributed by atoms with Gasteiger partial charge < -0.3 is 5.73 Å². The number of anilines is 1. The van der Waals surface area contributed by atoms with Crippen molar-refractivity contribution in [3.8, 4) is 0 Å². The SMILES string of the molecule is CONC(=O)C(=O)c1c(N)cccc1F. The minimum Gasteiger partial charge on any atom is -0.398 e. The zero-order valence-corrected chi connectivity index (χ0v) is 7.91. The summed E-state index contributed by atoms with van der Waals surface area (Å²) in [5.41, 5.74) is 6.62. The smallest absolute Gasteiger partial charge is 0.316 e. The first kappa shape index (κ1) is 11.1. The summed E-state index contributed by atoms with van der Waals surface area (Å²) in [6.45, 7) is 0. The van der Waals surface area contributed by atoms with Crippen molar-refractivity contribution in [2.24, 2.45) is 0 Å². The molecular weight excluding hydrogens is 203 g/mol. The summed E-state index contributed by atoms with van der Waals surface area (Å²) in [5.74, 6) is -2.99. The molecule has 80 valence electrons. The average Bonchev–Trinajstić information content (AvgIpc) is 2.17. The van der Waals surface area contributed by atoms with Gasteiger partial charge in [-0.15, -0.1) is 0 Å². The highest BCUT2D eigenvalue weighted by molar-refractivity contribution is 6.43. The lowest BCUT2D eigenvalue weighted by atomic mass is 10.1. The molecule has 0 atom stereocenters. The Morgan fingerprint density at radius 2 is 2.13 bits per heavy atom. The molecule has 0 fully saturated rings. The Kier molecular flexibility index (Phi) is 3.35. The maximum Gasteiger partial charge on any atom is 0.316 e. The summed E-state index contributed by atoms with van der Waals surface area (Å²) < 4.78 is 13.2. The highest BCUT2D eigenvalue weighted by Crippen LogP contribution is 2.16. The van der Waals surface area contributed by atoms with Crippen LogP contribution in [-0.4, -0.2) is 18.8 Å². The third-order valence-corrected chi connectivity index (χ3v) is 1.67. The molecule has 1 amide bonds. The number of hydroxylamine groups is 1. The molecular formula is C9H9FN2O3. The van der Waals surface area contributed by atoms with Crippen LogP contribution in [0.5, 0.6) is 0 Å². The van der Waals surface area contributed by atoms with Crippen molar-refractivity contribution in [1.29, 1.82) is 0 Å². The molecule has 0 unspecified atom stereocenters. The number of nitrogens with one attached hydrogen (secondary N) is 1. The van der Waals surface area contributed by atoms with Gasteiger partial charge in [0.1, 0.15) is 5.82 Å². The molecule has 5 nitrogen and oxygen atoms in total. The summed E-state index contributed by atoms with van der Waals surface area (Å²) in [6.07, 6.45) is 0. The van der Waals surface area contributed by atoms with Crippen molar-refractivity contribution in [2.75, 3.05) is 12.8 Å². The summed E-state index contributed by atoms with van der Waals surface area (Å²) >= 11 is 0. The molecule has 0 bridgehead atoms. The van der Waals surface area contributed by atoms with Crippen molar-refractivity contribution < 1.29 is 18.8 Å². The molecule has 0 saturated heterocycles. The molecule has 1 aromatic rings. The number of amides is 1. The third-order valence-electron chi connectivity index (χ3n) is 1.67. The Labute approximate surface area is 85.0 Å². The second kappa shape index (κ2) is 4.52. The molecule has 1 aromatic carbocycles. The largest absolute Gasteiger partial charge is 0.398 e. The summed E-state index contributed by atoms with van der Waals surface area (Å²) in [4.78, 5) is 26.6. The Morgan fingerprint density at radius 1 is 1.47 bits per heavy atom. The van der Waals surface area contributed by atoms with Gasteiger partial charge >= 0.3 is 5.91 Å². The molecule has 1 rings (SSSR count). The van der Waals surface area contributed by atoms with E-state index in [-0.39, 0.29) is 5.69 Å². The second-order valence-corrected chi connectivity index (χ2v) is 2.67. The summed E-state index contributed by atoms with van der Waals surface area (Å²) in [5, 5.41) is 0. The van der Waals surface area contributed by atoms with Gasteiger partial charge in [0.05, 0.1) is 12.7 Å². The summed E-state index contributed by atoms with van der Waals surface area (Å²) in [7, 11) is 1.16. The molecule has 6 heteroatoms. The van der Waals surface area contributed by atoms with E-state index >= 15 is 0 Å². The highest BCUT2D eigenvalue weighted by Gasteiger charge is 2.22. The van der Waals surface area contributed by atoms with Crippen LogP contribution in [0.2, 0.25) is 0 Å². The van der Waals surface area contributed by atoms with Gasteiger partial charge in [-0.05, 0) is 12.1 Å². The number of nitrogen functional groups attached to an aromatic ring is 1. The number of nitrogens with two attached hydrogens (primary N) is 1. The Hall–Kier alpha value is -1.95. The fraction of sp³-hybridized carbons (Fsp3) is 0.111. The van der Waals surface area contributed by atoms with Crippen LogP contribution in [0.4, 0.5) is 10.1 Å². The molecule has 15 heavy (non-hydrogen) atoms. The minimum absolute atomic E-state index is 0.0914. The second-order valence-electron chi connectivity index (χ2n) is 2.67. The lowest BCUT2D eigenvalue weighted by Gasteiger charge is -2.05. The molecule has 0 aliphatic carbocycles. The van der Waals surface area contributed by atoms with Crippen LogP contribution >= 0.6 is 0 Å². The standard InChI is InChI=1S/C9H9FN2O3/c1-15-12-9(14)8(13)7-5(10)3-2-4-6(7)11/h2-4H,11H2,1H3,(H,12,14). The molecule has 0 aliphatic heterocycles. The molecule has 0 spiro atoms. The van der Waals surface area contributed by atoms with Gasteiger partial charge in [-0.2, -0.15) is 0 Å². The Balaban J connectivity index is 3.06. The predicted molar refractivity (Wildman–Crippen MR) is 50.3 cm³/mol. The number of carbonyl (C=O) groups is 2. The fourth-order valence-electron chi connectivity index (χ4n) is 1.03. The number of benzene rings is 1. The van der Waals surface area contributed by atoms with E-state index in [2.05, 4.69) is 4.84 Å². The molecule has 0 saturated carbocycles. The van der Waals surface area contributed by atoms with Crippen LogP contribution in [0.25, 0.3) is 0 Å². The highest BCUT2D eigenvalue weighted by atomic mass is 19.1. The monoisotopic (exact) mass is 212 g/mol. The van der Waals surface area contributed by atoms with Gasteiger partial charge in [0, 0.05) is 5.69 Å². The van der Waals surface area contributed by atoms with Crippen LogP contribution < -0.4 is 11.2 Å². The molecule has 0 aromatic heterocycles. The number of halogens is 1. The first-order valence-electron chi connectivity index (χ1n) is 3.99. The molecule has 3 N–H and O–H groups in total. The van der Waals surface area contributed by atoms with Crippen LogP contribution in [0, 0.1) is 5.82 Å². The number of ketones is 1. The van der Waals surface area contributed by atoms with Gasteiger partial charge in [0.2, 0.25) is 0 Å². The van der Waals surface area contributed by atoms with Crippen molar-refractivity contribution in [3.63, 3.8) is 0 Å². The third kappa shape index (κ3) is 2.29. The molecule has 0 aliphatic rings. The van der Waals surface area contributed by atoms with Gasteiger partial charge in [0.25, 0.3) is 5.78 Å². The van der Waals surface area contributed by atoms with E-state index in [0.29, 0.717) is 0 Å². The van der Waals surface area contributed by atoms with E-state index in [1.54, 1.807) is 5.48 Å². The molecule has 0 heterocycles. The van der Waals surface area contributed by atoms with E-state index in [1.165, 1.54) is 12.1 Å². The molecule has 0 radical (unpaired) electrons. The maximum atomic E-state index is 13.2. The fourth-order valence-corrected chi connectivity index (χ4v) is 1.03. The minimum atomic E-state index is -1.08. The van der Waals surface area contributed by atoms with E-state index in [0.717, 1.165) is 13.2 Å². The van der Waals surface area contributed by atoms with Crippen molar-refractivity contribution >= 4 is 17.4 Å². The van der Waals surface area contributed by atoms with Crippen LogP contribution in [0.1, 0.15) is 10.4 Å². The van der Waals surface area contributed by atoms with Crippen LogP contribution in [0.15, 0.2) is 18.2 Å². The van der Waals surface area contributed by atoms with E-state index in [1.807, 2.05) is 0 Å². The lowest BCUT2D eigenvalue weighted by molar-refractivity contribution is -0.126. The first-order chi connectivity index (χ1) is 7.07. The summed E-state index contributed by atoms with van der Waals surface area (Å²) in [6, 6.07) is 3.72.